The molecule has 2 aromatic rings. The first-order valence-corrected chi connectivity index (χ1v) is 5.61. The number of aromatic amines is 1. The number of pyridine rings is 1. The zero-order valence-corrected chi connectivity index (χ0v) is 10.0. The van der Waals surface area contributed by atoms with Crippen molar-refractivity contribution in [2.75, 3.05) is 6.54 Å². The summed E-state index contributed by atoms with van der Waals surface area (Å²) in [4.78, 5) is 14.6. The molecular formula is C13H15N2O3+. The molecule has 0 aromatic carbocycles. The zero-order chi connectivity index (χ0) is 13.0. The van der Waals surface area contributed by atoms with Crippen molar-refractivity contribution in [1.29, 1.82) is 0 Å². The largest absolute Gasteiger partial charge is 0.466 e. The summed E-state index contributed by atoms with van der Waals surface area (Å²) in [6, 6.07) is 8.57. The van der Waals surface area contributed by atoms with Gasteiger partial charge in [-0.3, -0.25) is 4.79 Å². The van der Waals surface area contributed by atoms with Gasteiger partial charge < -0.3 is 14.8 Å². The van der Waals surface area contributed by atoms with Gasteiger partial charge >= 0.3 is 5.91 Å². The molecule has 5 nitrogen and oxygen atoms in total. The van der Waals surface area contributed by atoms with E-state index in [1.807, 2.05) is 0 Å². The molecule has 94 valence electrons. The van der Waals surface area contributed by atoms with Gasteiger partial charge in [0.15, 0.2) is 6.20 Å². The molecule has 0 bridgehead atoms. The molecule has 0 aliphatic carbocycles. The molecule has 0 unspecified atom stereocenters. The number of furan rings is 1. The number of H-pyrrole nitrogens is 1. The average molecular weight is 247 g/mol. The summed E-state index contributed by atoms with van der Waals surface area (Å²) in [5, 5.41) is 12.8. The lowest BCUT2D eigenvalue weighted by molar-refractivity contribution is -0.382. The molecule has 0 aliphatic rings. The summed E-state index contributed by atoms with van der Waals surface area (Å²) in [7, 11) is 0. The Kier molecular flexibility index (Phi) is 3.43. The van der Waals surface area contributed by atoms with E-state index in [-0.39, 0.29) is 12.5 Å². The van der Waals surface area contributed by atoms with Gasteiger partial charge in [-0.15, -0.1) is 0 Å². The molecule has 1 atom stereocenters. The first-order chi connectivity index (χ1) is 8.59. The van der Waals surface area contributed by atoms with Crippen LogP contribution < -0.4 is 10.3 Å². The lowest BCUT2D eigenvalue weighted by Crippen LogP contribution is -2.40. The van der Waals surface area contributed by atoms with Gasteiger partial charge in [-0.25, -0.2) is 4.98 Å². The molecule has 2 rings (SSSR count). The lowest BCUT2D eigenvalue weighted by Gasteiger charge is -2.20. The van der Waals surface area contributed by atoms with Gasteiger partial charge in [0.2, 0.25) is 0 Å². The average Bonchev–Trinajstić information content (AvgIpc) is 2.92. The number of amides is 1. The number of rotatable bonds is 4. The quantitative estimate of drug-likeness (QED) is 0.836. The molecule has 0 radical (unpaired) electrons. The third-order valence-electron chi connectivity index (χ3n) is 2.60. The summed E-state index contributed by atoms with van der Waals surface area (Å²) in [5.41, 5.74) is -0.791. The van der Waals surface area contributed by atoms with Crippen LogP contribution in [0.1, 0.15) is 23.2 Å². The van der Waals surface area contributed by atoms with Gasteiger partial charge in [0.1, 0.15) is 11.4 Å². The molecule has 0 spiro atoms. The molecule has 0 fully saturated rings. The van der Waals surface area contributed by atoms with Gasteiger partial charge in [0.05, 0.1) is 12.8 Å². The fourth-order valence-electron chi connectivity index (χ4n) is 1.55. The highest BCUT2D eigenvalue weighted by atomic mass is 16.4. The van der Waals surface area contributed by atoms with E-state index < -0.39 is 5.60 Å². The van der Waals surface area contributed by atoms with Gasteiger partial charge in [0.25, 0.3) is 5.69 Å². The topological polar surface area (TPSA) is 76.6 Å². The highest BCUT2D eigenvalue weighted by molar-refractivity contribution is 5.90. The van der Waals surface area contributed by atoms with Gasteiger partial charge in [-0.05, 0) is 25.1 Å². The van der Waals surface area contributed by atoms with Gasteiger partial charge in [0, 0.05) is 12.1 Å². The summed E-state index contributed by atoms with van der Waals surface area (Å²) in [6.07, 6.45) is 3.15. The van der Waals surface area contributed by atoms with Crippen molar-refractivity contribution in [1.82, 2.24) is 5.32 Å². The van der Waals surface area contributed by atoms with E-state index in [1.165, 1.54) is 6.26 Å². The predicted octanol–water partition coefficient (Wildman–Crippen LogP) is 0.731. The monoisotopic (exact) mass is 247 g/mol. The lowest BCUT2D eigenvalue weighted by atomic mass is 10.0. The molecule has 0 aliphatic heterocycles. The summed E-state index contributed by atoms with van der Waals surface area (Å²) in [5.74, 6) is 0.141. The number of nitrogens with one attached hydrogen (secondary N) is 2. The Labute approximate surface area is 104 Å². The zero-order valence-electron chi connectivity index (χ0n) is 10.0. The van der Waals surface area contributed by atoms with Crippen molar-refractivity contribution >= 4 is 5.91 Å². The van der Waals surface area contributed by atoms with Crippen molar-refractivity contribution in [3.8, 4) is 0 Å². The third kappa shape index (κ3) is 2.75. The third-order valence-corrected chi connectivity index (χ3v) is 2.60. The van der Waals surface area contributed by atoms with Crippen molar-refractivity contribution in [3.05, 3.63) is 54.2 Å². The maximum atomic E-state index is 11.8. The van der Waals surface area contributed by atoms with Crippen LogP contribution in [-0.4, -0.2) is 17.6 Å². The van der Waals surface area contributed by atoms with E-state index in [0.29, 0.717) is 11.5 Å². The Morgan fingerprint density at radius 1 is 1.44 bits per heavy atom. The number of carbonyl (C=O) groups is 1. The standard InChI is InChI=1S/C13H14N2O3/c1-13(17,11-6-4-8-18-11)9-15-12(16)10-5-2-3-7-14-10/h2-8,17H,9H2,1H3,(H,15,16)/p+1/t13-/m1/s1. The highest BCUT2D eigenvalue weighted by Crippen LogP contribution is 2.19. The predicted molar refractivity (Wildman–Crippen MR) is 63.6 cm³/mol. The van der Waals surface area contributed by atoms with Crippen LogP contribution in [0.4, 0.5) is 0 Å². The van der Waals surface area contributed by atoms with Crippen molar-refractivity contribution in [2.24, 2.45) is 0 Å². The van der Waals surface area contributed by atoms with Crippen LogP contribution in [0.15, 0.2) is 47.2 Å². The number of aliphatic hydroxyl groups is 1. The van der Waals surface area contributed by atoms with Crippen LogP contribution in [0.2, 0.25) is 0 Å². The fourth-order valence-corrected chi connectivity index (χ4v) is 1.55. The number of carbonyl (C=O) groups excluding carboxylic acids is 1. The Balaban J connectivity index is 1.98. The Morgan fingerprint density at radius 2 is 2.28 bits per heavy atom. The van der Waals surface area contributed by atoms with Crippen LogP contribution in [0.5, 0.6) is 0 Å². The van der Waals surface area contributed by atoms with Crippen LogP contribution in [-0.2, 0) is 5.60 Å². The van der Waals surface area contributed by atoms with Crippen LogP contribution >= 0.6 is 0 Å². The maximum absolute atomic E-state index is 11.8. The molecule has 2 aromatic heterocycles. The Bertz CT molecular complexity index is 506. The summed E-state index contributed by atoms with van der Waals surface area (Å²) < 4.78 is 5.13. The minimum absolute atomic E-state index is 0.0715. The molecule has 2 heterocycles. The summed E-state index contributed by atoms with van der Waals surface area (Å²) in [6.45, 7) is 1.66. The van der Waals surface area contributed by atoms with Gasteiger partial charge in [-0.1, -0.05) is 0 Å². The van der Waals surface area contributed by atoms with Gasteiger partial charge in [-0.2, -0.15) is 0 Å². The maximum Gasteiger partial charge on any atom is 0.316 e. The minimum Gasteiger partial charge on any atom is -0.466 e. The first kappa shape index (κ1) is 12.3. The fraction of sp³-hybridized carbons (Fsp3) is 0.231. The van der Waals surface area contributed by atoms with E-state index in [9.17, 15) is 9.90 Å². The molecule has 18 heavy (non-hydrogen) atoms. The van der Waals surface area contributed by atoms with E-state index in [1.54, 1.807) is 43.5 Å². The van der Waals surface area contributed by atoms with E-state index in [4.69, 9.17) is 4.42 Å². The molecule has 0 saturated carbocycles. The van der Waals surface area contributed by atoms with E-state index >= 15 is 0 Å². The SMILES string of the molecule is C[C@@](O)(CNC(=O)c1cccc[nH+]1)c1ccco1. The van der Waals surface area contributed by atoms with Crippen molar-refractivity contribution in [2.45, 2.75) is 12.5 Å². The Hall–Kier alpha value is -2.14. The number of aromatic nitrogens is 1. The first-order valence-electron chi connectivity index (χ1n) is 5.61. The second-order valence-electron chi connectivity index (χ2n) is 4.21. The molecule has 3 N–H and O–H groups in total. The Morgan fingerprint density at radius 3 is 2.89 bits per heavy atom. The second-order valence-corrected chi connectivity index (χ2v) is 4.21. The smallest absolute Gasteiger partial charge is 0.316 e. The van der Waals surface area contributed by atoms with E-state index in [2.05, 4.69) is 10.3 Å². The number of hydrogen-bond acceptors (Lipinski definition) is 3. The molecule has 1 amide bonds. The van der Waals surface area contributed by atoms with Crippen LogP contribution in [0, 0.1) is 0 Å². The molecule has 0 saturated heterocycles. The van der Waals surface area contributed by atoms with Crippen molar-refractivity contribution < 1.29 is 19.3 Å². The highest BCUT2D eigenvalue weighted by Gasteiger charge is 2.27. The number of hydrogen-bond donors (Lipinski definition) is 2. The van der Waals surface area contributed by atoms with Crippen molar-refractivity contribution in [3.63, 3.8) is 0 Å². The summed E-state index contributed by atoms with van der Waals surface area (Å²) >= 11 is 0. The molecule has 5 heteroatoms. The van der Waals surface area contributed by atoms with E-state index in [0.717, 1.165) is 0 Å². The molecular weight excluding hydrogens is 232 g/mol. The minimum atomic E-state index is -1.23. The van der Waals surface area contributed by atoms with Crippen LogP contribution in [0.25, 0.3) is 0 Å². The van der Waals surface area contributed by atoms with Crippen LogP contribution in [0.3, 0.4) is 0 Å². The second kappa shape index (κ2) is 5.01. The normalized spacial score (nSPS) is 13.9.